The van der Waals surface area contributed by atoms with E-state index in [0.29, 0.717) is 0 Å². The minimum Gasteiger partial charge on any atom is -0.504 e. The number of nitrogens with zero attached hydrogens (tertiary/aromatic N) is 1. The normalized spacial score (nSPS) is 11.8. The Kier molecular flexibility index (Phi) is 3.53. The molecule has 1 aromatic carbocycles. The van der Waals surface area contributed by atoms with Crippen molar-refractivity contribution >= 4 is 15.5 Å². The molecule has 0 heterocycles. The number of hydrogen-bond donors (Lipinski definition) is 2. The van der Waals surface area contributed by atoms with Crippen LogP contribution in [0.25, 0.3) is 4.85 Å². The average Bonchev–Trinajstić information content (AvgIpc) is 2.22. The third-order valence-electron chi connectivity index (χ3n) is 2.30. The van der Waals surface area contributed by atoms with Crippen molar-refractivity contribution in [1.29, 1.82) is 0 Å². The Labute approximate surface area is 105 Å². The van der Waals surface area contributed by atoms with Crippen LogP contribution in [0.4, 0.5) is 10.1 Å². The fourth-order valence-corrected chi connectivity index (χ4v) is 2.57. The van der Waals surface area contributed by atoms with Crippen LogP contribution in [-0.4, -0.2) is 25.6 Å². The summed E-state index contributed by atoms with van der Waals surface area (Å²) in [5.41, 5.74) is 5.24. The van der Waals surface area contributed by atoms with E-state index in [1.165, 1.54) is 19.2 Å². The van der Waals surface area contributed by atoms with Gasteiger partial charge in [-0.3, -0.25) is 0 Å². The molecule has 0 spiro atoms. The van der Waals surface area contributed by atoms with Crippen molar-refractivity contribution in [3.63, 3.8) is 0 Å². The third kappa shape index (κ3) is 2.24. The Morgan fingerprint density at radius 3 is 2.44 bits per heavy atom. The number of halogens is 1. The number of nitrogen functional groups attached to an aromatic ring is 1. The lowest BCUT2D eigenvalue weighted by Gasteiger charge is -2.17. The average molecular weight is 273 g/mol. The molecule has 0 saturated heterocycles. The van der Waals surface area contributed by atoms with Crippen molar-refractivity contribution in [2.24, 2.45) is 0 Å². The number of sulfone groups is 1. The number of phenolic OH excluding ortho intramolecular Hbond substituents is 1. The first-order valence-electron chi connectivity index (χ1n) is 5.02. The van der Waals surface area contributed by atoms with E-state index < -0.39 is 25.5 Å². The van der Waals surface area contributed by atoms with Gasteiger partial charge >= 0.3 is 6.07 Å². The van der Waals surface area contributed by atoms with Crippen molar-refractivity contribution in [3.8, 4) is 11.8 Å². The summed E-state index contributed by atoms with van der Waals surface area (Å²) in [4.78, 5) is 2.95. The Morgan fingerprint density at radius 1 is 1.44 bits per heavy atom. The number of hydrogen-bond acceptors (Lipinski definition) is 4. The molecule has 5 nitrogen and oxygen atoms in total. The molecule has 3 N–H and O–H groups in total. The minimum absolute atomic E-state index is 0.0325. The molecule has 18 heavy (non-hydrogen) atoms. The topological polar surface area (TPSA) is 84.8 Å². The maximum absolute atomic E-state index is 13.8. The Hall–Kier alpha value is -1.81. The molecule has 0 aromatic heterocycles. The first kappa shape index (κ1) is 14.3. The lowest BCUT2D eigenvalue weighted by atomic mass is 10.2. The zero-order chi connectivity index (χ0) is 14.1. The molecule has 0 saturated carbocycles. The van der Waals surface area contributed by atoms with Crippen LogP contribution in [0.15, 0.2) is 17.0 Å². The van der Waals surface area contributed by atoms with Gasteiger partial charge in [-0.25, -0.2) is 12.8 Å². The highest BCUT2D eigenvalue weighted by Crippen LogP contribution is 2.38. The first-order chi connectivity index (χ1) is 8.13. The van der Waals surface area contributed by atoms with Crippen LogP contribution in [0.1, 0.15) is 19.4 Å². The number of benzene rings is 1. The smallest absolute Gasteiger partial charge is 0.312 e. The van der Waals surface area contributed by atoms with E-state index in [2.05, 4.69) is 10.9 Å². The van der Waals surface area contributed by atoms with Crippen LogP contribution in [0.5, 0.6) is 5.75 Å². The molecule has 7 heteroatoms. The summed E-state index contributed by atoms with van der Waals surface area (Å²) >= 11 is 0. The van der Waals surface area contributed by atoms with E-state index in [1.807, 2.05) is 0 Å². The molecule has 0 unspecified atom stereocenters. The molecule has 98 valence electrons. The lowest BCUT2D eigenvalue weighted by molar-refractivity contribution is 0.318. The van der Waals surface area contributed by atoms with Gasteiger partial charge in [0.15, 0.2) is 5.75 Å². The van der Waals surface area contributed by atoms with E-state index in [1.54, 1.807) is 0 Å². The van der Waals surface area contributed by atoms with Gasteiger partial charge in [0.2, 0.25) is 14.8 Å². The van der Waals surface area contributed by atoms with E-state index in [0.717, 1.165) is 13.8 Å². The van der Waals surface area contributed by atoms with Crippen molar-refractivity contribution < 1.29 is 17.9 Å². The second-order valence-corrected chi connectivity index (χ2v) is 6.47. The highest BCUT2D eigenvalue weighted by atomic mass is 32.2. The number of nitrogens with two attached hydrogens (primary N) is 1. The van der Waals surface area contributed by atoms with Gasteiger partial charge in [-0.2, -0.15) is 0 Å². The van der Waals surface area contributed by atoms with Crippen LogP contribution in [0, 0.1) is 6.07 Å². The Balaban J connectivity index is 3.77. The molecule has 0 fully saturated rings. The summed E-state index contributed by atoms with van der Waals surface area (Å²) < 4.78 is 37.9. The van der Waals surface area contributed by atoms with E-state index in [9.17, 15) is 17.9 Å². The summed E-state index contributed by atoms with van der Waals surface area (Å²) in [6.07, 6.45) is 0. The summed E-state index contributed by atoms with van der Waals surface area (Å²) in [5.74, 6) is -0.686. The number of alkyl halides is 1. The van der Waals surface area contributed by atoms with Gasteiger partial charge < -0.3 is 10.8 Å². The third-order valence-corrected chi connectivity index (χ3v) is 4.53. The minimum atomic E-state index is -4.40. The Morgan fingerprint density at radius 2 is 2.00 bits per heavy atom. The summed E-state index contributed by atoms with van der Waals surface area (Å²) in [6, 6.07) is 4.99. The maximum atomic E-state index is 13.8. The molecule has 1 aromatic rings. The summed E-state index contributed by atoms with van der Waals surface area (Å²) in [6.45, 7) is 1.77. The van der Waals surface area contributed by atoms with Crippen molar-refractivity contribution in [2.75, 3.05) is 12.8 Å². The predicted molar refractivity (Wildman–Crippen MR) is 67.2 cm³/mol. The number of rotatable bonds is 2. The molecule has 0 atom stereocenters. The largest absolute Gasteiger partial charge is 0.504 e. The molecular formula is C11H14FN2O3S+. The fourth-order valence-electron chi connectivity index (χ4n) is 1.31. The molecule has 1 rings (SSSR count). The van der Waals surface area contributed by atoms with E-state index in [4.69, 9.17) is 5.73 Å². The standard InChI is InChI=1S/C11H13FN2O3S/c1-11(2,12)18(16,17)10-7(6-14-3)4-5-8(13)9(10)15/h4-5,13,15H,1-3H3/p+1. The van der Waals surface area contributed by atoms with Gasteiger partial charge in [0.1, 0.15) is 10.5 Å². The van der Waals surface area contributed by atoms with Gasteiger partial charge in [0.25, 0.3) is 7.05 Å². The fraction of sp³-hybridized carbons (Fsp3) is 0.364. The van der Waals surface area contributed by atoms with E-state index >= 15 is 0 Å². The first-order valence-corrected chi connectivity index (χ1v) is 6.51. The van der Waals surface area contributed by atoms with Crippen LogP contribution in [0.2, 0.25) is 0 Å². The molecule has 0 aliphatic rings. The number of aromatic hydroxyl groups is 1. The van der Waals surface area contributed by atoms with Gasteiger partial charge in [-0.1, -0.05) is 4.85 Å². The number of anilines is 1. The maximum Gasteiger partial charge on any atom is 0.312 e. The van der Waals surface area contributed by atoms with Gasteiger partial charge in [0.05, 0.1) is 5.69 Å². The molecular weight excluding hydrogens is 259 g/mol. The van der Waals surface area contributed by atoms with Gasteiger partial charge in [-0.05, 0) is 26.0 Å². The monoisotopic (exact) mass is 273 g/mol. The van der Waals surface area contributed by atoms with Crippen molar-refractivity contribution in [1.82, 2.24) is 0 Å². The highest BCUT2D eigenvalue weighted by molar-refractivity contribution is 7.92. The van der Waals surface area contributed by atoms with Crippen LogP contribution in [-0.2, 0) is 9.84 Å². The summed E-state index contributed by atoms with van der Waals surface area (Å²) in [7, 11) is -3.02. The van der Waals surface area contributed by atoms with Crippen LogP contribution < -0.4 is 5.73 Å². The van der Waals surface area contributed by atoms with Crippen LogP contribution in [0.3, 0.4) is 0 Å². The zero-order valence-corrected chi connectivity index (χ0v) is 11.0. The molecule has 0 aliphatic heterocycles. The molecule has 0 aliphatic carbocycles. The van der Waals surface area contributed by atoms with Crippen LogP contribution >= 0.6 is 0 Å². The number of phenols is 1. The van der Waals surface area contributed by atoms with Crippen molar-refractivity contribution in [3.05, 3.63) is 22.5 Å². The van der Waals surface area contributed by atoms with Gasteiger partial charge in [0, 0.05) is 0 Å². The van der Waals surface area contributed by atoms with Crippen molar-refractivity contribution in [2.45, 2.75) is 23.7 Å². The summed E-state index contributed by atoms with van der Waals surface area (Å²) in [5, 5.41) is 7.20. The highest BCUT2D eigenvalue weighted by Gasteiger charge is 2.40. The zero-order valence-electron chi connectivity index (χ0n) is 10.2. The van der Waals surface area contributed by atoms with E-state index in [-0.39, 0.29) is 11.3 Å². The van der Waals surface area contributed by atoms with Gasteiger partial charge in [-0.15, -0.1) is 0 Å². The SMILES string of the molecule is C[N+]#Cc1ccc(N)c(O)c1S(=O)(=O)C(C)(C)F. The quantitative estimate of drug-likeness (QED) is 0.635. The molecule has 0 amide bonds. The molecule has 0 radical (unpaired) electrons. The molecule has 0 bridgehead atoms. The second kappa shape index (κ2) is 4.46. The predicted octanol–water partition coefficient (Wildman–Crippen LogP) is 1.76. The second-order valence-electron chi connectivity index (χ2n) is 4.08. The lowest BCUT2D eigenvalue weighted by Crippen LogP contribution is -2.27. The Bertz CT molecular complexity index is 637.